The number of amides is 11. The molecule has 5 aromatic carbocycles. The number of rotatable bonds is 41. The van der Waals surface area contributed by atoms with E-state index in [0.29, 0.717) is 48.7 Å². The molecule has 1 aliphatic heterocycles. The number of alkyl carbamates (subject to hydrolysis) is 2. The second-order valence-corrected chi connectivity index (χ2v) is 30.8. The van der Waals surface area contributed by atoms with Gasteiger partial charge in [0.05, 0.1) is 13.0 Å². The predicted octanol–water partition coefficient (Wildman–Crippen LogP) is 8.00. The summed E-state index contributed by atoms with van der Waals surface area (Å²) in [5, 5.41) is 25.1. The van der Waals surface area contributed by atoms with Gasteiger partial charge in [0.2, 0.25) is 53.2 Å². The lowest BCUT2D eigenvalue weighted by atomic mass is 9.85. The van der Waals surface area contributed by atoms with Gasteiger partial charge in [0.15, 0.2) is 0 Å². The van der Waals surface area contributed by atoms with E-state index in [2.05, 4.69) is 60.0 Å². The highest BCUT2D eigenvalue weighted by atomic mass is 32.2. The van der Waals surface area contributed by atoms with E-state index in [1.807, 2.05) is 104 Å². The number of unbranched alkanes of at least 4 members (excludes halogenated alkanes) is 1. The maximum absolute atomic E-state index is 15.0. The van der Waals surface area contributed by atoms with Crippen LogP contribution in [0.4, 0.5) is 9.59 Å². The molecule has 0 spiro atoms. The smallest absolute Gasteiger partial charge is 0.408 e. The fourth-order valence-corrected chi connectivity index (χ4v) is 15.1. The molecule has 1 heterocycles. The molecule has 2 aliphatic rings. The summed E-state index contributed by atoms with van der Waals surface area (Å²) in [6, 6.07) is 36.0. The quantitative estimate of drug-likeness (QED) is 0.0166. The normalized spacial score (nSPS) is 15.6. The number of hydrogen-bond donors (Lipinski definition) is 10. The van der Waals surface area contributed by atoms with E-state index in [0.717, 1.165) is 54.4 Å². The van der Waals surface area contributed by atoms with Gasteiger partial charge >= 0.3 is 12.2 Å². The molecule has 1 saturated carbocycles. The van der Waals surface area contributed by atoms with E-state index in [1.54, 1.807) is 82.8 Å². The Morgan fingerprint density at radius 2 is 1.10 bits per heavy atom. The standard InChI is InChI=1S/C80H107N11O14S2/c1-7-103-60-38-36-56(37-39-60)47-62(85-68(93)49-80(40-22-12-23-41-80)107-52-59-32-19-11-20-33-59)71(95)86-63(46-55-26-13-8-14-27-55)73(97)90-69(54(2)3)75(99)87-64(48-67(81)92)72(96)88-65(53-106-51-58-30-17-10-18-31-58)76(100)91-45-25-35-66(91)74(98)83-44-43-82-70(94)61(89-78(102)105-79(4,5)6)34-21-24-42-84-77(101)104-50-57-28-15-9-16-29-57/h8-11,13-20,26-33,36-39,54,61-66,69H,7,12,21-25,34-35,40-53H2,1-6H3,(H2,81,92)(H,82,94)(H,83,98)(H,84,101)(H,85,93)(H,86,95)(H,87,99)(H,88,96)(H,89,102)(H,90,97)/t61-,62-,63+,64+,65+,66+,69+/m1/s1. The van der Waals surface area contributed by atoms with Crippen LogP contribution < -0.4 is 58.3 Å². The molecule has 0 aromatic heterocycles. The van der Waals surface area contributed by atoms with Crippen LogP contribution in [0, 0.1) is 5.92 Å². The maximum Gasteiger partial charge on any atom is 0.408 e. The zero-order valence-corrected chi connectivity index (χ0v) is 63.9. The number of ether oxygens (including phenoxy) is 3. The Kier molecular flexibility index (Phi) is 34.7. The van der Waals surface area contributed by atoms with Crippen LogP contribution in [0.3, 0.4) is 0 Å². The minimum Gasteiger partial charge on any atom is -0.494 e. The van der Waals surface area contributed by atoms with Gasteiger partial charge in [-0.2, -0.15) is 11.8 Å². The summed E-state index contributed by atoms with van der Waals surface area (Å²) in [5.74, 6) is -5.12. The third-order valence-electron chi connectivity index (χ3n) is 18.1. The van der Waals surface area contributed by atoms with Crippen LogP contribution in [-0.4, -0.2) is 161 Å². The second-order valence-electron chi connectivity index (χ2n) is 28.3. The van der Waals surface area contributed by atoms with Crippen molar-refractivity contribution < 1.29 is 67.0 Å². The number of hydrogen-bond acceptors (Lipinski definition) is 16. The predicted molar refractivity (Wildman–Crippen MR) is 413 cm³/mol. The topological polar surface area (TPSA) is 353 Å². The lowest BCUT2D eigenvalue weighted by Gasteiger charge is -2.37. The zero-order chi connectivity index (χ0) is 77.1. The molecule has 107 heavy (non-hydrogen) atoms. The van der Waals surface area contributed by atoms with Gasteiger partial charge in [0.25, 0.3) is 0 Å². The SMILES string of the molecule is CCOc1ccc(C[C@@H](NC(=O)CC2(SCc3ccccc3)CCCCC2)C(=O)N[C@@H](Cc2ccccc2)C(=O)N[C@H](C(=O)N[C@@H](CC(N)=O)C(=O)N[C@@H](CSCc2ccccc2)C(=O)N2CCC[C@H]2C(=O)NCCNC(=O)[C@@H](CCCCNC(=O)OCc2ccccc2)NC(=O)OC(C)(C)C)C(C)C)cc1. The second kappa shape index (κ2) is 43.9. The Morgan fingerprint density at radius 3 is 1.71 bits per heavy atom. The van der Waals surface area contributed by atoms with E-state index in [9.17, 15) is 52.7 Å². The van der Waals surface area contributed by atoms with Gasteiger partial charge in [-0.15, -0.1) is 11.8 Å². The van der Waals surface area contributed by atoms with Crippen LogP contribution >= 0.6 is 23.5 Å². The highest BCUT2D eigenvalue weighted by molar-refractivity contribution is 8.00. The fourth-order valence-electron chi connectivity index (χ4n) is 12.6. The van der Waals surface area contributed by atoms with Crippen molar-refractivity contribution >= 4 is 88.9 Å². The molecule has 7 rings (SSSR count). The van der Waals surface area contributed by atoms with Crippen molar-refractivity contribution in [1.82, 2.24) is 52.8 Å². The first kappa shape index (κ1) is 84.6. The number of primary amides is 1. The number of nitrogens with one attached hydrogen (secondary N) is 9. The molecule has 0 bridgehead atoms. The fraction of sp³-hybridized carbons (Fsp3) is 0.487. The van der Waals surface area contributed by atoms with Crippen LogP contribution in [0.1, 0.15) is 146 Å². The third-order valence-corrected chi connectivity index (χ3v) is 20.9. The number of thioether (sulfide) groups is 2. The number of nitrogens with two attached hydrogens (primary N) is 1. The largest absolute Gasteiger partial charge is 0.494 e. The van der Waals surface area contributed by atoms with Gasteiger partial charge in [-0.3, -0.25) is 43.2 Å². The minimum absolute atomic E-state index is 0.0115. The van der Waals surface area contributed by atoms with Crippen molar-refractivity contribution in [3.63, 3.8) is 0 Å². The molecule has 1 aliphatic carbocycles. The van der Waals surface area contributed by atoms with Crippen molar-refractivity contribution in [2.75, 3.05) is 38.5 Å². The zero-order valence-electron chi connectivity index (χ0n) is 62.3. The molecule has 0 unspecified atom stereocenters. The lowest BCUT2D eigenvalue weighted by Crippen LogP contribution is -2.61. The first-order chi connectivity index (χ1) is 51.4. The molecular formula is C80H107N11O14S2. The van der Waals surface area contributed by atoms with Crippen LogP contribution in [-0.2, 0) is 83.6 Å². The summed E-state index contributed by atoms with van der Waals surface area (Å²) in [6.07, 6.45) is 4.47. The van der Waals surface area contributed by atoms with Crippen molar-refractivity contribution in [3.8, 4) is 5.75 Å². The molecule has 0 radical (unpaired) electrons. The molecule has 25 nitrogen and oxygen atoms in total. The average Bonchev–Trinajstić information content (AvgIpc) is 1.27. The maximum atomic E-state index is 15.0. The summed E-state index contributed by atoms with van der Waals surface area (Å²) >= 11 is 3.09. The van der Waals surface area contributed by atoms with E-state index < -0.39 is 120 Å². The van der Waals surface area contributed by atoms with Crippen molar-refractivity contribution in [2.24, 2.45) is 11.7 Å². The molecule has 11 amide bonds. The summed E-state index contributed by atoms with van der Waals surface area (Å²) in [6.45, 7) is 11.1. The molecule has 27 heteroatoms. The highest BCUT2D eigenvalue weighted by Crippen LogP contribution is 2.44. The summed E-state index contributed by atoms with van der Waals surface area (Å²) < 4.78 is 16.0. The van der Waals surface area contributed by atoms with Crippen LogP contribution in [0.2, 0.25) is 0 Å². The summed E-state index contributed by atoms with van der Waals surface area (Å²) in [4.78, 5) is 156. The number of nitrogens with zero attached hydrogens (tertiary/aromatic N) is 1. The van der Waals surface area contributed by atoms with E-state index in [4.69, 9.17) is 19.9 Å². The summed E-state index contributed by atoms with van der Waals surface area (Å²) in [5.41, 5.74) is 9.20. The van der Waals surface area contributed by atoms with Gasteiger partial charge in [-0.1, -0.05) is 167 Å². The van der Waals surface area contributed by atoms with E-state index in [-0.39, 0.29) is 81.3 Å². The van der Waals surface area contributed by atoms with Crippen LogP contribution in [0.5, 0.6) is 5.75 Å². The van der Waals surface area contributed by atoms with Crippen molar-refractivity contribution in [3.05, 3.63) is 173 Å². The van der Waals surface area contributed by atoms with Gasteiger partial charge in [0, 0.05) is 67.4 Å². The number of carbonyl (C=O) groups is 11. The molecule has 7 atom stereocenters. The molecule has 11 N–H and O–H groups in total. The van der Waals surface area contributed by atoms with Crippen molar-refractivity contribution in [1.29, 1.82) is 0 Å². The number of carbonyl (C=O) groups excluding carboxylic acids is 11. The molecule has 1 saturated heterocycles. The highest BCUT2D eigenvalue weighted by Gasteiger charge is 2.41. The average molecular weight is 1510 g/mol. The first-order valence-electron chi connectivity index (χ1n) is 37.0. The Morgan fingerprint density at radius 1 is 0.551 bits per heavy atom. The molecular weight excluding hydrogens is 1400 g/mol. The van der Waals surface area contributed by atoms with Gasteiger partial charge < -0.3 is 72.7 Å². The van der Waals surface area contributed by atoms with Crippen LogP contribution in [0.15, 0.2) is 146 Å². The molecule has 5 aromatic rings. The van der Waals surface area contributed by atoms with E-state index in [1.165, 1.54) is 16.7 Å². The Balaban J connectivity index is 1.01. The Bertz CT molecular complexity index is 3680. The molecule has 578 valence electrons. The number of benzene rings is 5. The summed E-state index contributed by atoms with van der Waals surface area (Å²) in [7, 11) is 0. The van der Waals surface area contributed by atoms with Crippen LogP contribution in [0.25, 0.3) is 0 Å². The van der Waals surface area contributed by atoms with Gasteiger partial charge in [-0.25, -0.2) is 9.59 Å². The monoisotopic (exact) mass is 1510 g/mol. The number of likely N-dealkylation sites (tertiary alicyclic amines) is 1. The Hall–Kier alpha value is -9.63. The van der Waals surface area contributed by atoms with E-state index >= 15 is 0 Å². The lowest BCUT2D eigenvalue weighted by molar-refractivity contribution is -0.141. The first-order valence-corrected chi connectivity index (χ1v) is 39.1. The molecule has 2 fully saturated rings. The van der Waals surface area contributed by atoms with Gasteiger partial charge in [0.1, 0.15) is 60.3 Å². The minimum atomic E-state index is -1.67. The third kappa shape index (κ3) is 29.9. The Labute approximate surface area is 636 Å². The van der Waals surface area contributed by atoms with Gasteiger partial charge in [-0.05, 0) is 119 Å². The van der Waals surface area contributed by atoms with Crippen molar-refractivity contribution in [2.45, 2.75) is 202 Å².